The van der Waals surface area contributed by atoms with Gasteiger partial charge in [-0.25, -0.2) is 0 Å². The van der Waals surface area contributed by atoms with Gasteiger partial charge < -0.3 is 0 Å². The molecule has 1 aromatic rings. The van der Waals surface area contributed by atoms with Crippen LogP contribution in [0.25, 0.3) is 0 Å². The monoisotopic (exact) mass is 338 g/mol. The Morgan fingerprint density at radius 2 is 0.875 bits per heavy atom. The van der Waals surface area contributed by atoms with E-state index < -0.39 is 0 Å². The van der Waals surface area contributed by atoms with Crippen LogP contribution in [0.4, 0.5) is 0 Å². The first-order valence-corrected chi connectivity index (χ1v) is 7.08. The van der Waals surface area contributed by atoms with Gasteiger partial charge in [0, 0.05) is 11.8 Å². The molecular formula is C10H8Cl6. The molecule has 0 aliphatic heterocycles. The molecule has 0 N–H and O–H groups in total. The maximum Gasteiger partial charge on any atom is 0.0796 e. The molecule has 0 aromatic heterocycles. The van der Waals surface area contributed by atoms with E-state index in [4.69, 9.17) is 69.6 Å². The van der Waals surface area contributed by atoms with E-state index in [1.807, 2.05) is 0 Å². The van der Waals surface area contributed by atoms with Crippen molar-refractivity contribution in [2.24, 2.45) is 0 Å². The highest BCUT2D eigenvalue weighted by molar-refractivity contribution is 6.52. The third-order valence-electron chi connectivity index (χ3n) is 2.16. The molecule has 0 saturated carbocycles. The standard InChI is InChI=1S/C10H8Cl6/c11-3-1-5-6(2-4-12)8(14)10(16)9(15)7(5)13/h1-4H2. The third kappa shape index (κ3) is 3.04. The number of alkyl halides is 2. The molecule has 0 saturated heterocycles. The van der Waals surface area contributed by atoms with Gasteiger partial charge in [-0.3, -0.25) is 0 Å². The van der Waals surface area contributed by atoms with Crippen LogP contribution in [0.5, 0.6) is 0 Å². The smallest absolute Gasteiger partial charge is 0.0796 e. The Hall–Kier alpha value is 0.960. The first-order chi connectivity index (χ1) is 7.54. The van der Waals surface area contributed by atoms with Crippen LogP contribution < -0.4 is 0 Å². The zero-order chi connectivity index (χ0) is 12.3. The molecule has 0 fully saturated rings. The fraction of sp³-hybridized carbons (Fsp3) is 0.400. The van der Waals surface area contributed by atoms with Gasteiger partial charge in [0.1, 0.15) is 0 Å². The minimum absolute atomic E-state index is 0.270. The molecule has 0 unspecified atom stereocenters. The second kappa shape index (κ2) is 6.78. The van der Waals surface area contributed by atoms with Crippen LogP contribution >= 0.6 is 69.6 Å². The average molecular weight is 341 g/mol. The SMILES string of the molecule is ClCCc1c(Cl)c(Cl)c(Cl)c(Cl)c1CCCl. The summed E-state index contributed by atoms with van der Waals surface area (Å²) in [5.74, 6) is 0.868. The lowest BCUT2D eigenvalue weighted by atomic mass is 10.0. The largest absolute Gasteiger partial charge is 0.126 e. The fourth-order valence-electron chi connectivity index (χ4n) is 1.43. The van der Waals surface area contributed by atoms with E-state index in [-0.39, 0.29) is 10.0 Å². The predicted molar refractivity (Wildman–Crippen MR) is 75.3 cm³/mol. The first-order valence-electron chi connectivity index (χ1n) is 4.50. The zero-order valence-corrected chi connectivity index (χ0v) is 12.6. The lowest BCUT2D eigenvalue weighted by Crippen LogP contribution is -2.01. The topological polar surface area (TPSA) is 0 Å². The summed E-state index contributed by atoms with van der Waals surface area (Å²) >= 11 is 35.6. The molecule has 16 heavy (non-hydrogen) atoms. The fourth-order valence-corrected chi connectivity index (χ4v) is 2.93. The zero-order valence-electron chi connectivity index (χ0n) is 8.10. The minimum atomic E-state index is 0.270. The maximum atomic E-state index is 6.11. The molecule has 0 heterocycles. The summed E-state index contributed by atoms with van der Waals surface area (Å²) < 4.78 is 0. The number of hydrogen-bond acceptors (Lipinski definition) is 0. The maximum absolute atomic E-state index is 6.11. The van der Waals surface area contributed by atoms with Crippen molar-refractivity contribution in [1.29, 1.82) is 0 Å². The van der Waals surface area contributed by atoms with E-state index in [2.05, 4.69) is 0 Å². The molecule has 0 atom stereocenters. The van der Waals surface area contributed by atoms with Crippen molar-refractivity contribution in [1.82, 2.24) is 0 Å². The highest BCUT2D eigenvalue weighted by Crippen LogP contribution is 2.42. The molecule has 0 amide bonds. The van der Waals surface area contributed by atoms with Crippen LogP contribution in [-0.4, -0.2) is 11.8 Å². The normalized spacial score (nSPS) is 10.9. The number of benzene rings is 1. The summed E-state index contributed by atoms with van der Waals surface area (Å²) in [4.78, 5) is 0. The van der Waals surface area contributed by atoms with Crippen molar-refractivity contribution in [3.05, 3.63) is 31.2 Å². The van der Waals surface area contributed by atoms with Gasteiger partial charge in [0.05, 0.1) is 20.1 Å². The minimum Gasteiger partial charge on any atom is -0.126 e. The second-order valence-electron chi connectivity index (χ2n) is 3.09. The van der Waals surface area contributed by atoms with Gasteiger partial charge in [0.15, 0.2) is 0 Å². The Bertz CT molecular complexity index is 351. The molecule has 0 aliphatic rings. The van der Waals surface area contributed by atoms with Crippen molar-refractivity contribution in [2.45, 2.75) is 12.8 Å². The van der Waals surface area contributed by atoms with Crippen molar-refractivity contribution in [3.8, 4) is 0 Å². The van der Waals surface area contributed by atoms with Crippen LogP contribution in [0.15, 0.2) is 0 Å². The summed E-state index contributed by atoms with van der Waals surface area (Å²) in [6, 6.07) is 0. The first kappa shape index (κ1) is 15.0. The second-order valence-corrected chi connectivity index (χ2v) is 5.36. The summed E-state index contributed by atoms with van der Waals surface area (Å²) in [5.41, 5.74) is 1.66. The summed E-state index contributed by atoms with van der Waals surface area (Å²) in [7, 11) is 0. The van der Waals surface area contributed by atoms with Crippen LogP contribution in [0.1, 0.15) is 11.1 Å². The van der Waals surface area contributed by atoms with Gasteiger partial charge >= 0.3 is 0 Å². The predicted octanol–water partition coefficient (Wildman–Crippen LogP) is 5.86. The summed E-state index contributed by atoms with van der Waals surface area (Å²) in [6.07, 6.45) is 1.17. The number of rotatable bonds is 4. The van der Waals surface area contributed by atoms with Crippen molar-refractivity contribution in [2.75, 3.05) is 11.8 Å². The van der Waals surface area contributed by atoms with E-state index >= 15 is 0 Å². The van der Waals surface area contributed by atoms with Gasteiger partial charge in [-0.2, -0.15) is 0 Å². The van der Waals surface area contributed by atoms with E-state index in [9.17, 15) is 0 Å². The number of hydrogen-bond donors (Lipinski definition) is 0. The van der Waals surface area contributed by atoms with Gasteiger partial charge in [-0.15, -0.1) is 23.2 Å². The van der Waals surface area contributed by atoms with Gasteiger partial charge in [-0.05, 0) is 24.0 Å². The summed E-state index contributed by atoms with van der Waals surface area (Å²) in [6.45, 7) is 0. The molecule has 6 heteroatoms. The molecule has 90 valence electrons. The molecule has 0 nitrogen and oxygen atoms in total. The van der Waals surface area contributed by atoms with Crippen LogP contribution in [0, 0.1) is 0 Å². The van der Waals surface area contributed by atoms with Gasteiger partial charge in [0.25, 0.3) is 0 Å². The highest BCUT2D eigenvalue weighted by Gasteiger charge is 2.19. The molecule has 1 aromatic carbocycles. The summed E-state index contributed by atoms with van der Waals surface area (Å²) in [5, 5.41) is 1.37. The molecule has 0 bridgehead atoms. The Morgan fingerprint density at radius 1 is 0.562 bits per heavy atom. The van der Waals surface area contributed by atoms with Gasteiger partial charge in [0.2, 0.25) is 0 Å². The molecule has 0 spiro atoms. The van der Waals surface area contributed by atoms with Crippen molar-refractivity contribution in [3.63, 3.8) is 0 Å². The number of halogens is 6. The van der Waals surface area contributed by atoms with Crippen LogP contribution in [-0.2, 0) is 12.8 Å². The quantitative estimate of drug-likeness (QED) is 0.365. The van der Waals surface area contributed by atoms with E-state index in [0.29, 0.717) is 34.6 Å². The Labute approximate surface area is 125 Å². The van der Waals surface area contributed by atoms with Crippen LogP contribution in [0.3, 0.4) is 0 Å². The molecule has 1 rings (SSSR count). The van der Waals surface area contributed by atoms with E-state index in [0.717, 1.165) is 11.1 Å². The lowest BCUT2D eigenvalue weighted by molar-refractivity contribution is 1.05. The van der Waals surface area contributed by atoms with Crippen molar-refractivity contribution >= 4 is 69.6 Å². The van der Waals surface area contributed by atoms with E-state index in [1.165, 1.54) is 0 Å². The lowest BCUT2D eigenvalue weighted by Gasteiger charge is -2.15. The Kier molecular flexibility index (Phi) is 6.36. The molecular weight excluding hydrogens is 333 g/mol. The Balaban J connectivity index is 3.42. The Morgan fingerprint density at radius 3 is 1.12 bits per heavy atom. The third-order valence-corrected chi connectivity index (χ3v) is 4.42. The van der Waals surface area contributed by atoms with Crippen molar-refractivity contribution < 1.29 is 0 Å². The van der Waals surface area contributed by atoms with Gasteiger partial charge in [-0.1, -0.05) is 46.4 Å². The highest BCUT2D eigenvalue weighted by atomic mass is 35.5. The van der Waals surface area contributed by atoms with E-state index in [1.54, 1.807) is 0 Å². The molecule has 0 radical (unpaired) electrons. The average Bonchev–Trinajstić information content (AvgIpc) is 2.28. The molecule has 0 aliphatic carbocycles. The van der Waals surface area contributed by atoms with Crippen LogP contribution in [0.2, 0.25) is 20.1 Å².